The summed E-state index contributed by atoms with van der Waals surface area (Å²) in [4.78, 5) is 0. The van der Waals surface area contributed by atoms with Gasteiger partial charge in [0.15, 0.2) is 0 Å². The molecular weight excluding hydrogens is 182 g/mol. The van der Waals surface area contributed by atoms with E-state index in [1.54, 1.807) is 6.92 Å². The number of hydrogen-bond acceptors (Lipinski definition) is 3. The summed E-state index contributed by atoms with van der Waals surface area (Å²) >= 11 is 0.583. The zero-order valence-electron chi connectivity index (χ0n) is 4.93. The van der Waals surface area contributed by atoms with Gasteiger partial charge in [0.1, 0.15) is 0 Å². The molecule has 0 aromatic heterocycles. The molecule has 0 aliphatic rings. The molecular formula is C3H8ClNO2S2. The molecule has 0 rings (SSSR count). The fourth-order valence-electron chi connectivity index (χ4n) is 0.358. The van der Waals surface area contributed by atoms with Crippen LogP contribution >= 0.6 is 21.8 Å². The van der Waals surface area contributed by atoms with Gasteiger partial charge in [0.2, 0.25) is 10.0 Å². The van der Waals surface area contributed by atoms with Gasteiger partial charge in [-0.2, -0.15) is 0 Å². The van der Waals surface area contributed by atoms with Crippen LogP contribution in [0.1, 0.15) is 13.3 Å². The van der Waals surface area contributed by atoms with Crippen molar-refractivity contribution in [3.8, 4) is 0 Å². The summed E-state index contributed by atoms with van der Waals surface area (Å²) in [6.07, 6.45) is 0.604. The van der Waals surface area contributed by atoms with Gasteiger partial charge < -0.3 is 0 Å². The average Bonchev–Trinajstić information content (AvgIpc) is 1.64. The van der Waals surface area contributed by atoms with E-state index in [4.69, 9.17) is 10.7 Å². The molecule has 9 heavy (non-hydrogen) atoms. The van der Waals surface area contributed by atoms with Gasteiger partial charge in [-0.3, -0.25) is 0 Å². The lowest BCUT2D eigenvalue weighted by Gasteiger charge is -1.97. The van der Waals surface area contributed by atoms with Crippen molar-refractivity contribution >= 4 is 31.9 Å². The second kappa shape index (κ2) is 4.38. The molecule has 1 N–H and O–H groups in total. The van der Waals surface area contributed by atoms with Gasteiger partial charge in [0.25, 0.3) is 0 Å². The zero-order chi connectivity index (χ0) is 7.33. The molecule has 0 unspecified atom stereocenters. The maximum Gasteiger partial charge on any atom is 0.221 e. The van der Waals surface area contributed by atoms with Gasteiger partial charge >= 0.3 is 0 Å². The fraction of sp³-hybridized carbons (Fsp3) is 1.00. The van der Waals surface area contributed by atoms with E-state index in [2.05, 4.69) is 4.13 Å². The van der Waals surface area contributed by atoms with Gasteiger partial charge in [-0.25, -0.2) is 8.42 Å². The standard InChI is InChI=1S/C3H8ClNO2S2/c1-2-3-9(6,7)5-8-4/h5H,2-3H2,1H3. The molecule has 0 aromatic carbocycles. The molecule has 0 bridgehead atoms. The fourth-order valence-corrected chi connectivity index (χ4v) is 2.48. The molecule has 0 aliphatic heterocycles. The van der Waals surface area contributed by atoms with Crippen LogP contribution in [0, 0.1) is 0 Å². The van der Waals surface area contributed by atoms with E-state index in [0.29, 0.717) is 17.6 Å². The lowest BCUT2D eigenvalue weighted by molar-refractivity contribution is 0.593. The van der Waals surface area contributed by atoms with Crippen LogP contribution in [0.5, 0.6) is 0 Å². The summed E-state index contributed by atoms with van der Waals surface area (Å²) in [6.45, 7) is 1.79. The first kappa shape index (κ1) is 9.55. The van der Waals surface area contributed by atoms with E-state index in [0.717, 1.165) is 0 Å². The predicted octanol–water partition coefficient (Wildman–Crippen LogP) is 1.12. The van der Waals surface area contributed by atoms with E-state index >= 15 is 0 Å². The average molecular weight is 190 g/mol. The molecule has 0 aliphatic carbocycles. The van der Waals surface area contributed by atoms with E-state index in [-0.39, 0.29) is 5.75 Å². The summed E-state index contributed by atoms with van der Waals surface area (Å²) in [7, 11) is 1.95. The van der Waals surface area contributed by atoms with Crippen LogP contribution in [-0.2, 0) is 10.0 Å². The maximum atomic E-state index is 10.6. The van der Waals surface area contributed by atoms with Crippen LogP contribution in [0.3, 0.4) is 0 Å². The monoisotopic (exact) mass is 189 g/mol. The van der Waals surface area contributed by atoms with Crippen molar-refractivity contribution in [1.82, 2.24) is 4.13 Å². The lowest BCUT2D eigenvalue weighted by Crippen LogP contribution is -2.18. The third kappa shape index (κ3) is 5.02. The van der Waals surface area contributed by atoms with Gasteiger partial charge in [-0.15, -0.1) is 4.13 Å². The number of hydrogen-bond donors (Lipinski definition) is 1. The van der Waals surface area contributed by atoms with Crippen LogP contribution in [0.2, 0.25) is 0 Å². The highest BCUT2D eigenvalue weighted by molar-refractivity contribution is 8.24. The first-order valence-corrected chi connectivity index (χ1v) is 5.69. The smallest absolute Gasteiger partial charge is 0.212 e. The van der Waals surface area contributed by atoms with Crippen molar-refractivity contribution in [2.45, 2.75) is 13.3 Å². The van der Waals surface area contributed by atoms with Crippen molar-refractivity contribution in [3.63, 3.8) is 0 Å². The molecule has 3 nitrogen and oxygen atoms in total. The molecule has 0 saturated heterocycles. The zero-order valence-corrected chi connectivity index (χ0v) is 7.31. The van der Waals surface area contributed by atoms with Crippen LogP contribution in [-0.4, -0.2) is 14.2 Å². The highest BCUT2D eigenvalue weighted by Gasteiger charge is 2.05. The molecule has 0 amide bonds. The molecule has 0 spiro atoms. The van der Waals surface area contributed by atoms with Crippen LogP contribution in [0.4, 0.5) is 0 Å². The Morgan fingerprint density at radius 1 is 1.67 bits per heavy atom. The largest absolute Gasteiger partial charge is 0.221 e. The lowest BCUT2D eigenvalue weighted by atomic mass is 10.6. The van der Waals surface area contributed by atoms with E-state index in [1.807, 2.05) is 0 Å². The Kier molecular flexibility index (Phi) is 4.65. The van der Waals surface area contributed by atoms with Gasteiger partial charge in [0.05, 0.1) is 5.75 Å². The maximum absolute atomic E-state index is 10.6. The van der Waals surface area contributed by atoms with Crippen LogP contribution in [0.25, 0.3) is 0 Å². The molecule has 0 saturated carbocycles. The second-order valence-electron chi connectivity index (χ2n) is 1.48. The summed E-state index contributed by atoms with van der Waals surface area (Å²) in [5.74, 6) is 0.132. The van der Waals surface area contributed by atoms with Gasteiger partial charge in [-0.1, -0.05) is 6.92 Å². The molecule has 0 atom stereocenters. The SMILES string of the molecule is CCCS(=O)(=O)NSCl. The highest BCUT2D eigenvalue weighted by Crippen LogP contribution is 2.02. The Morgan fingerprint density at radius 2 is 2.22 bits per heavy atom. The first-order valence-electron chi connectivity index (χ1n) is 2.39. The summed E-state index contributed by atoms with van der Waals surface area (Å²) in [6, 6.07) is 0. The van der Waals surface area contributed by atoms with Crippen molar-refractivity contribution in [3.05, 3.63) is 0 Å². The van der Waals surface area contributed by atoms with Gasteiger partial charge in [0, 0.05) is 11.2 Å². The summed E-state index contributed by atoms with van der Waals surface area (Å²) < 4.78 is 23.3. The molecule has 6 heteroatoms. The predicted molar refractivity (Wildman–Crippen MR) is 40.7 cm³/mol. The number of halogens is 1. The first-order chi connectivity index (χ1) is 4.12. The second-order valence-corrected chi connectivity index (χ2v) is 4.40. The molecule has 0 aromatic rings. The van der Waals surface area contributed by atoms with Crippen molar-refractivity contribution < 1.29 is 8.42 Å². The van der Waals surface area contributed by atoms with E-state index < -0.39 is 10.0 Å². The quantitative estimate of drug-likeness (QED) is 0.675. The minimum atomic E-state index is -3.10. The number of rotatable bonds is 4. The Morgan fingerprint density at radius 3 is 2.56 bits per heavy atom. The summed E-state index contributed by atoms with van der Waals surface area (Å²) in [5.41, 5.74) is 0. The Labute approximate surface area is 63.8 Å². The van der Waals surface area contributed by atoms with Crippen molar-refractivity contribution in [2.75, 3.05) is 5.75 Å². The van der Waals surface area contributed by atoms with Crippen molar-refractivity contribution in [2.24, 2.45) is 0 Å². The highest BCUT2D eigenvalue weighted by atomic mass is 35.7. The third-order valence-electron chi connectivity index (χ3n) is 0.631. The Balaban J connectivity index is 3.73. The summed E-state index contributed by atoms with van der Waals surface area (Å²) in [5, 5.41) is 0. The Hall–Kier alpha value is 0.550. The molecule has 0 heterocycles. The van der Waals surface area contributed by atoms with Crippen LogP contribution < -0.4 is 4.13 Å². The van der Waals surface area contributed by atoms with E-state index in [9.17, 15) is 8.42 Å². The topological polar surface area (TPSA) is 46.2 Å². The third-order valence-corrected chi connectivity index (χ3v) is 3.41. The number of nitrogens with one attached hydrogen (secondary N) is 1. The van der Waals surface area contributed by atoms with Crippen LogP contribution in [0.15, 0.2) is 0 Å². The molecule has 56 valence electrons. The normalized spacial score (nSPS) is 11.8. The van der Waals surface area contributed by atoms with Gasteiger partial charge in [-0.05, 0) is 17.1 Å². The van der Waals surface area contributed by atoms with E-state index in [1.165, 1.54) is 0 Å². The number of sulfonamides is 1. The molecule has 0 radical (unpaired) electrons. The molecule has 0 fully saturated rings. The van der Waals surface area contributed by atoms with Crippen molar-refractivity contribution in [1.29, 1.82) is 0 Å². The minimum absolute atomic E-state index is 0.132. The Bertz CT molecular complexity index is 143. The minimum Gasteiger partial charge on any atom is -0.212 e.